The van der Waals surface area contributed by atoms with E-state index in [-0.39, 0.29) is 9.59 Å². The Kier molecular flexibility index (Phi) is 16.4. The highest BCUT2D eigenvalue weighted by Gasteiger charge is 2.59. The fourth-order valence-electron chi connectivity index (χ4n) is 6.50. The number of H-pyrrole nitrogens is 4. The minimum absolute atomic E-state index is 0.150. The van der Waals surface area contributed by atoms with Crippen LogP contribution in [0.25, 0.3) is 0 Å². The molecule has 0 aliphatic carbocycles. The molecule has 0 unspecified atom stereocenters. The Morgan fingerprint density at radius 1 is 0.447 bits per heavy atom. The number of aliphatic hydroxyl groups is 12. The lowest BCUT2D eigenvalue weighted by molar-refractivity contribution is -0.207. The van der Waals surface area contributed by atoms with Crippen LogP contribution in [-0.4, -0.2) is 198 Å². The van der Waals surface area contributed by atoms with E-state index in [9.17, 15) is 96.8 Å². The van der Waals surface area contributed by atoms with E-state index in [1.54, 1.807) is 15.0 Å². The molecule has 0 aromatic carbocycles. The van der Waals surface area contributed by atoms with Gasteiger partial charge in [0.2, 0.25) is 0 Å². The zero-order valence-corrected chi connectivity index (χ0v) is 39.6. The van der Waals surface area contributed by atoms with Gasteiger partial charge in [-0.25, -0.2) is 36.7 Å². The lowest BCUT2D eigenvalue weighted by Gasteiger charge is -2.19. The van der Waals surface area contributed by atoms with Crippen LogP contribution in [0.3, 0.4) is 0 Å². The van der Waals surface area contributed by atoms with Gasteiger partial charge in [0.25, 0.3) is 45.7 Å². The smallest absolute Gasteiger partial charge is 0.330 e. The SMILES string of the molecule is O=c1[nH]c(=O)n([C@@H]2O[C@](F)(CO)[C@@H](O)[C@H]2O)cc1Cl.[2H]C([2H])(O)[C@@]1(F)O[C@@H](n2cc(Cl)c(=O)[nH]c2=O)[C@H](O)[C@@H]1O.[2H]C([2H])(O)[C@@]1(F)O[C@@]([2H])(n2cc(Cl)c(=O)[nH]c2=O)[C@H](O)[C@@H]1O.[2H][C@@]1(n2cc(Cl)c(=O)[nH]c2=O)O[C@](F)(CO)[C@@H](O)[C@H]1O. The van der Waals surface area contributed by atoms with E-state index in [0.717, 1.165) is 12.4 Å². The van der Waals surface area contributed by atoms with Gasteiger partial charge in [-0.1, -0.05) is 46.4 Å². The monoisotopic (exact) mass is 1190 g/mol. The van der Waals surface area contributed by atoms with E-state index >= 15 is 0 Å². The molecular formula is C36H40Cl4F4N8O24. The first-order chi connectivity index (χ1) is 37.3. The number of halogens is 8. The van der Waals surface area contributed by atoms with Crippen molar-refractivity contribution in [2.24, 2.45) is 0 Å². The number of nitrogens with one attached hydrogen (secondary N) is 4. The second kappa shape index (κ2) is 23.5. The summed E-state index contributed by atoms with van der Waals surface area (Å²) in [4.78, 5) is 97.8. The second-order valence-corrected chi connectivity index (χ2v) is 17.1. The lowest BCUT2D eigenvalue weighted by atomic mass is 10.1. The minimum atomic E-state index is -3.91. The maximum atomic E-state index is 14.4. The molecule has 4 aromatic rings. The van der Waals surface area contributed by atoms with E-state index in [1.165, 1.54) is 0 Å². The van der Waals surface area contributed by atoms with Gasteiger partial charge in [0.1, 0.15) is 95.3 Å². The number of hydrogen-bond acceptors (Lipinski definition) is 24. The lowest BCUT2D eigenvalue weighted by Crippen LogP contribution is -2.42. The molecule has 40 heteroatoms. The largest absolute Gasteiger partial charge is 0.390 e. The first kappa shape index (κ1) is 53.0. The number of rotatable bonds is 8. The summed E-state index contributed by atoms with van der Waals surface area (Å²) in [7, 11) is 0. The summed E-state index contributed by atoms with van der Waals surface area (Å²) in [6.07, 6.45) is -24.8. The predicted molar refractivity (Wildman–Crippen MR) is 238 cm³/mol. The van der Waals surface area contributed by atoms with Crippen LogP contribution < -0.4 is 45.0 Å². The van der Waals surface area contributed by atoms with E-state index in [4.69, 9.17) is 75.1 Å². The number of aromatic nitrogens is 8. The predicted octanol–water partition coefficient (Wildman–Crippen LogP) is -7.61. The Bertz CT molecular complexity index is 3560. The molecule has 4 saturated heterocycles. The van der Waals surface area contributed by atoms with Gasteiger partial charge in [0, 0.05) is 24.8 Å². The molecule has 4 aromatic heterocycles. The van der Waals surface area contributed by atoms with Crippen molar-refractivity contribution < 1.29 is 106 Å². The van der Waals surface area contributed by atoms with Gasteiger partial charge in [0.05, 0.1) is 8.22 Å². The van der Waals surface area contributed by atoms with Crippen molar-refractivity contribution in [3.8, 4) is 0 Å². The fraction of sp³-hybridized carbons (Fsp3) is 0.556. The summed E-state index contributed by atoms with van der Waals surface area (Å²) in [5.74, 6) is -13.6. The summed E-state index contributed by atoms with van der Waals surface area (Å²) in [5.41, 5.74) is -8.45. The summed E-state index contributed by atoms with van der Waals surface area (Å²) in [6.45, 7) is -10.0. The number of ether oxygens (including phenoxy) is 4. The molecule has 4 fully saturated rings. The summed E-state index contributed by atoms with van der Waals surface area (Å²) >= 11 is 21.9. The Balaban J connectivity index is 0.000000201. The molecule has 8 heterocycles. The van der Waals surface area contributed by atoms with Crippen LogP contribution in [0.1, 0.15) is 33.1 Å². The average Bonchev–Trinajstić information content (AvgIpc) is 2.93. The van der Waals surface area contributed by atoms with Crippen molar-refractivity contribution in [3.63, 3.8) is 0 Å². The molecule has 16 N–H and O–H groups in total. The quantitative estimate of drug-likeness (QED) is 0.0729. The van der Waals surface area contributed by atoms with Gasteiger partial charge in [0.15, 0.2) is 24.9 Å². The average molecular weight is 1190 g/mol. The highest BCUT2D eigenvalue weighted by atomic mass is 35.5. The van der Waals surface area contributed by atoms with Gasteiger partial charge < -0.3 is 80.2 Å². The molecule has 0 saturated carbocycles. The van der Waals surface area contributed by atoms with Crippen LogP contribution in [0.15, 0.2) is 63.1 Å². The molecule has 16 atom stereocenters. The summed E-state index contributed by atoms with van der Waals surface area (Å²) in [5, 5.41) is 111. The zero-order chi connectivity index (χ0) is 62.9. The third kappa shape index (κ3) is 12.0. The van der Waals surface area contributed by atoms with Gasteiger partial charge in [-0.05, 0) is 0 Å². The maximum absolute atomic E-state index is 14.4. The molecule has 424 valence electrons. The maximum Gasteiger partial charge on any atom is 0.330 e. The van der Waals surface area contributed by atoms with Crippen LogP contribution in [0.2, 0.25) is 20.1 Å². The van der Waals surface area contributed by atoms with Crippen molar-refractivity contribution >= 4 is 46.4 Å². The molecule has 8 rings (SSSR count). The van der Waals surface area contributed by atoms with Crippen LogP contribution in [0.5, 0.6) is 0 Å². The highest BCUT2D eigenvalue weighted by Crippen LogP contribution is 2.40. The first-order valence-electron chi connectivity index (χ1n) is 23.0. The number of aliphatic hydroxyl groups excluding tert-OH is 10. The van der Waals surface area contributed by atoms with Crippen LogP contribution in [0, 0.1) is 0 Å². The summed E-state index contributed by atoms with van der Waals surface area (Å²) < 4.78 is 119. The molecule has 0 spiro atoms. The molecule has 4 aliphatic heterocycles. The standard InChI is InChI=1S/4C9H10ClFN2O6/c4*10-3-1-13(8(18)12-6(3)17)7-4(15)5(16)9(11,2-14)19-7/h4*1,4-5,7,14-16H,2H2,(H,12,17,18)/t4*4-,5+,7-,9-/m1111/s1/i2D2,7D;7D;2D2;. The first-order valence-corrected chi connectivity index (χ1v) is 21.5. The molecular weight excluding hydrogens is 1150 g/mol. The van der Waals surface area contributed by atoms with E-state index in [2.05, 4.69) is 18.9 Å². The normalized spacial score (nSPS) is 38.2. The van der Waals surface area contributed by atoms with Gasteiger partial charge >= 0.3 is 22.8 Å². The number of aromatic amines is 4. The van der Waals surface area contributed by atoms with Crippen molar-refractivity contribution in [2.45, 2.75) is 97.1 Å². The van der Waals surface area contributed by atoms with E-state index < -0.39 is 184 Å². The second-order valence-electron chi connectivity index (χ2n) is 15.4. The van der Waals surface area contributed by atoms with Crippen LogP contribution in [0.4, 0.5) is 17.6 Å². The Hall–Kier alpha value is -5.04. The Labute approximate surface area is 441 Å². The van der Waals surface area contributed by atoms with Crippen molar-refractivity contribution in [1.29, 1.82) is 0 Å². The van der Waals surface area contributed by atoms with E-state index in [1.807, 2.05) is 4.98 Å². The van der Waals surface area contributed by atoms with Gasteiger partial charge in [-0.3, -0.25) is 57.4 Å². The minimum Gasteiger partial charge on any atom is -0.390 e. The Morgan fingerprint density at radius 2 is 0.684 bits per heavy atom. The van der Waals surface area contributed by atoms with Crippen molar-refractivity contribution in [1.82, 2.24) is 38.2 Å². The number of hydrogen-bond donors (Lipinski definition) is 16. The molecule has 76 heavy (non-hydrogen) atoms. The third-order valence-corrected chi connectivity index (χ3v) is 11.6. The van der Waals surface area contributed by atoms with Crippen molar-refractivity contribution in [3.05, 3.63) is 128 Å². The molecule has 0 radical (unpaired) electrons. The van der Waals surface area contributed by atoms with Gasteiger partial charge in [-0.2, -0.15) is 0 Å². The summed E-state index contributed by atoms with van der Waals surface area (Å²) in [6, 6.07) is 0. The number of alkyl halides is 4. The molecule has 0 amide bonds. The topological polar surface area (TPSA) is 499 Å². The molecule has 0 bridgehead atoms. The molecule has 4 aliphatic rings. The third-order valence-electron chi connectivity index (χ3n) is 10.5. The molecule has 32 nitrogen and oxygen atoms in total. The van der Waals surface area contributed by atoms with Gasteiger partial charge in [-0.15, -0.1) is 0 Å². The zero-order valence-electron chi connectivity index (χ0n) is 42.6. The highest BCUT2D eigenvalue weighted by molar-refractivity contribution is 6.31. The van der Waals surface area contributed by atoms with E-state index in [0.29, 0.717) is 26.1 Å². The number of nitrogens with zero attached hydrogens (tertiary/aromatic N) is 4. The van der Waals surface area contributed by atoms with Crippen LogP contribution >= 0.6 is 46.4 Å². The Morgan fingerprint density at radius 3 is 0.961 bits per heavy atom. The van der Waals surface area contributed by atoms with Crippen LogP contribution in [-0.2, 0) is 18.9 Å². The fourth-order valence-corrected chi connectivity index (χ4v) is 7.10. The van der Waals surface area contributed by atoms with Crippen molar-refractivity contribution in [2.75, 3.05) is 26.3 Å².